The van der Waals surface area contributed by atoms with Crippen LogP contribution < -0.4 is 0 Å². The Hall–Kier alpha value is -1.48. The molecule has 0 aliphatic heterocycles. The zero-order valence-electron chi connectivity index (χ0n) is 11.4. The Morgan fingerprint density at radius 2 is 2.06 bits per heavy atom. The van der Waals surface area contributed by atoms with Gasteiger partial charge in [0.2, 0.25) is 0 Å². The van der Waals surface area contributed by atoms with Crippen LogP contribution in [0.3, 0.4) is 0 Å². The molecule has 0 amide bonds. The van der Waals surface area contributed by atoms with E-state index in [1.54, 1.807) is 6.92 Å². The number of carbonyl (C=O) groups excluding carboxylic acids is 2. The van der Waals surface area contributed by atoms with Crippen molar-refractivity contribution < 1.29 is 14.7 Å². The summed E-state index contributed by atoms with van der Waals surface area (Å²) >= 11 is 0. The van der Waals surface area contributed by atoms with Crippen molar-refractivity contribution in [3.8, 4) is 0 Å². The SMILES string of the molecule is CC(C=CC1=C(C)C(=O)[C@@H](O)CC1(C)C)=CC=O. The molecule has 18 heavy (non-hydrogen) atoms. The molecule has 0 aromatic rings. The molecule has 0 aromatic heterocycles. The molecule has 3 heteroatoms. The molecule has 0 saturated carbocycles. The first-order chi connectivity index (χ1) is 8.29. The summed E-state index contributed by atoms with van der Waals surface area (Å²) in [4.78, 5) is 22.1. The highest BCUT2D eigenvalue weighted by Gasteiger charge is 2.36. The van der Waals surface area contributed by atoms with Gasteiger partial charge in [-0.25, -0.2) is 0 Å². The lowest BCUT2D eigenvalue weighted by atomic mass is 9.71. The van der Waals surface area contributed by atoms with E-state index in [9.17, 15) is 14.7 Å². The Labute approximate surface area is 108 Å². The molecule has 3 nitrogen and oxygen atoms in total. The van der Waals surface area contributed by atoms with Gasteiger partial charge in [0.25, 0.3) is 0 Å². The number of hydrogen-bond donors (Lipinski definition) is 1. The fourth-order valence-corrected chi connectivity index (χ4v) is 2.30. The maximum Gasteiger partial charge on any atom is 0.187 e. The van der Waals surface area contributed by atoms with Crippen molar-refractivity contribution in [1.29, 1.82) is 0 Å². The van der Waals surface area contributed by atoms with Crippen molar-refractivity contribution in [3.63, 3.8) is 0 Å². The number of Topliss-reactive ketones (excluding diaryl/α,β-unsaturated/α-hetero) is 1. The maximum atomic E-state index is 11.8. The van der Waals surface area contributed by atoms with Crippen LogP contribution in [0.15, 0.2) is 34.9 Å². The van der Waals surface area contributed by atoms with Crippen molar-refractivity contribution in [1.82, 2.24) is 0 Å². The van der Waals surface area contributed by atoms with Gasteiger partial charge in [0.15, 0.2) is 5.78 Å². The molecule has 0 heterocycles. The van der Waals surface area contributed by atoms with Crippen LogP contribution in [0.2, 0.25) is 0 Å². The highest BCUT2D eigenvalue weighted by Crippen LogP contribution is 2.39. The number of allylic oxidation sites excluding steroid dienone is 5. The van der Waals surface area contributed by atoms with Crippen molar-refractivity contribution >= 4 is 12.1 Å². The van der Waals surface area contributed by atoms with E-state index < -0.39 is 6.10 Å². The molecule has 1 aliphatic carbocycles. The number of aliphatic hydroxyl groups is 1. The highest BCUT2D eigenvalue weighted by atomic mass is 16.3. The van der Waals surface area contributed by atoms with E-state index in [1.807, 2.05) is 32.9 Å². The predicted octanol–water partition coefficient (Wildman–Crippen LogP) is 2.36. The Morgan fingerprint density at radius 1 is 1.44 bits per heavy atom. The van der Waals surface area contributed by atoms with Crippen LogP contribution in [0, 0.1) is 5.41 Å². The van der Waals surface area contributed by atoms with Gasteiger partial charge in [0, 0.05) is 0 Å². The molecule has 0 radical (unpaired) electrons. The van der Waals surface area contributed by atoms with Crippen molar-refractivity contribution in [2.75, 3.05) is 0 Å². The second kappa shape index (κ2) is 5.44. The van der Waals surface area contributed by atoms with Crippen LogP contribution in [0.5, 0.6) is 0 Å². The first-order valence-corrected chi connectivity index (χ1v) is 6.03. The molecular formula is C15H20O3. The van der Waals surface area contributed by atoms with E-state index in [4.69, 9.17) is 0 Å². The van der Waals surface area contributed by atoms with Crippen LogP contribution in [0.4, 0.5) is 0 Å². The Bertz CT molecular complexity index is 450. The molecule has 1 atom stereocenters. The predicted molar refractivity (Wildman–Crippen MR) is 71.1 cm³/mol. The summed E-state index contributed by atoms with van der Waals surface area (Å²) in [6.07, 6.45) is 5.43. The topological polar surface area (TPSA) is 54.4 Å². The standard InChI is InChI=1S/C15H20O3/c1-10(7-8-16)5-6-12-11(2)14(18)13(17)9-15(12,3)4/h5-8,13,17H,9H2,1-4H3/t13-/m0/s1. The van der Waals surface area contributed by atoms with E-state index in [0.717, 1.165) is 17.4 Å². The minimum absolute atomic E-state index is 0.203. The van der Waals surface area contributed by atoms with Crippen molar-refractivity contribution in [2.45, 2.75) is 40.2 Å². The summed E-state index contributed by atoms with van der Waals surface area (Å²) in [6, 6.07) is 0. The van der Waals surface area contributed by atoms with Gasteiger partial charge in [-0.3, -0.25) is 9.59 Å². The minimum Gasteiger partial charge on any atom is -0.385 e. The number of rotatable bonds is 3. The number of aldehydes is 1. The molecular weight excluding hydrogens is 228 g/mol. The van der Waals surface area contributed by atoms with Gasteiger partial charge in [-0.2, -0.15) is 0 Å². The largest absolute Gasteiger partial charge is 0.385 e. The van der Waals surface area contributed by atoms with Crippen molar-refractivity contribution in [2.24, 2.45) is 5.41 Å². The molecule has 0 fully saturated rings. The van der Waals surface area contributed by atoms with Gasteiger partial charge in [-0.1, -0.05) is 26.0 Å². The first kappa shape index (κ1) is 14.6. The number of aliphatic hydroxyl groups excluding tert-OH is 1. The lowest BCUT2D eigenvalue weighted by Gasteiger charge is -2.34. The summed E-state index contributed by atoms with van der Waals surface area (Å²) in [6.45, 7) is 7.58. The van der Waals surface area contributed by atoms with Gasteiger partial charge in [0.05, 0.1) is 0 Å². The lowest BCUT2D eigenvalue weighted by Crippen LogP contribution is -2.35. The fourth-order valence-electron chi connectivity index (χ4n) is 2.30. The molecule has 1 N–H and O–H groups in total. The third-order valence-electron chi connectivity index (χ3n) is 3.35. The van der Waals surface area contributed by atoms with Crippen molar-refractivity contribution in [3.05, 3.63) is 34.9 Å². The summed E-state index contributed by atoms with van der Waals surface area (Å²) in [5.74, 6) is -0.203. The Morgan fingerprint density at radius 3 is 2.61 bits per heavy atom. The number of hydrogen-bond acceptors (Lipinski definition) is 3. The molecule has 1 aliphatic rings. The normalized spacial score (nSPS) is 24.8. The fraction of sp³-hybridized carbons (Fsp3) is 0.467. The second-order valence-electron chi connectivity index (χ2n) is 5.39. The van der Waals surface area contributed by atoms with E-state index in [0.29, 0.717) is 12.0 Å². The molecule has 0 spiro atoms. The number of carbonyl (C=O) groups is 2. The van der Waals surface area contributed by atoms with Crippen LogP contribution >= 0.6 is 0 Å². The van der Waals surface area contributed by atoms with E-state index in [2.05, 4.69) is 0 Å². The third-order valence-corrected chi connectivity index (χ3v) is 3.35. The van der Waals surface area contributed by atoms with E-state index >= 15 is 0 Å². The van der Waals surface area contributed by atoms with Gasteiger partial charge in [0.1, 0.15) is 12.4 Å². The first-order valence-electron chi connectivity index (χ1n) is 6.03. The van der Waals surface area contributed by atoms with E-state index in [-0.39, 0.29) is 11.2 Å². The molecule has 1 rings (SSSR count). The van der Waals surface area contributed by atoms with Crippen LogP contribution in [0.25, 0.3) is 0 Å². The van der Waals surface area contributed by atoms with Crippen LogP contribution in [-0.2, 0) is 9.59 Å². The maximum absolute atomic E-state index is 11.8. The monoisotopic (exact) mass is 248 g/mol. The summed E-state index contributed by atoms with van der Waals surface area (Å²) in [5.41, 5.74) is 2.13. The molecule has 98 valence electrons. The summed E-state index contributed by atoms with van der Waals surface area (Å²) < 4.78 is 0. The molecule has 0 saturated heterocycles. The molecule has 0 bridgehead atoms. The zero-order valence-corrected chi connectivity index (χ0v) is 11.4. The van der Waals surface area contributed by atoms with E-state index in [1.165, 1.54) is 6.08 Å². The smallest absolute Gasteiger partial charge is 0.187 e. The second-order valence-corrected chi connectivity index (χ2v) is 5.39. The lowest BCUT2D eigenvalue weighted by molar-refractivity contribution is -0.125. The minimum atomic E-state index is -0.899. The Kier molecular flexibility index (Phi) is 4.41. The van der Waals surface area contributed by atoms with Gasteiger partial charge in [-0.15, -0.1) is 0 Å². The average Bonchev–Trinajstić information content (AvgIpc) is 2.25. The quantitative estimate of drug-likeness (QED) is 0.474. The van der Waals surface area contributed by atoms with Gasteiger partial charge in [-0.05, 0) is 48.5 Å². The summed E-state index contributed by atoms with van der Waals surface area (Å²) in [5, 5.41) is 9.70. The van der Waals surface area contributed by atoms with Crippen LogP contribution in [-0.4, -0.2) is 23.3 Å². The number of ketones is 1. The molecule has 0 aromatic carbocycles. The van der Waals surface area contributed by atoms with Gasteiger partial charge >= 0.3 is 0 Å². The highest BCUT2D eigenvalue weighted by molar-refractivity contribution is 6.00. The summed E-state index contributed by atoms with van der Waals surface area (Å²) in [7, 11) is 0. The van der Waals surface area contributed by atoms with Gasteiger partial charge < -0.3 is 5.11 Å². The van der Waals surface area contributed by atoms with Crippen LogP contribution in [0.1, 0.15) is 34.1 Å². The zero-order chi connectivity index (χ0) is 13.9. The Balaban J connectivity index is 3.15. The molecule has 0 unspecified atom stereocenters. The third kappa shape index (κ3) is 3.05. The average molecular weight is 248 g/mol.